The van der Waals surface area contributed by atoms with E-state index in [1.54, 1.807) is 12.1 Å². The van der Waals surface area contributed by atoms with E-state index in [2.05, 4.69) is 4.72 Å². The summed E-state index contributed by atoms with van der Waals surface area (Å²) < 4.78 is 44.7. The fraction of sp³-hybridized carbons (Fsp3) is 0.333. The van der Waals surface area contributed by atoms with Crippen molar-refractivity contribution in [2.24, 2.45) is 0 Å². The molecule has 0 aliphatic carbocycles. The maximum absolute atomic E-state index is 13.0. The van der Waals surface area contributed by atoms with E-state index < -0.39 is 10.0 Å². The smallest absolute Gasteiger partial charge is 0.244 e. The van der Waals surface area contributed by atoms with Crippen LogP contribution in [-0.2, 0) is 10.0 Å². The summed E-state index contributed by atoms with van der Waals surface area (Å²) in [5.41, 5.74) is 1.89. The van der Waals surface area contributed by atoms with Crippen LogP contribution in [0.4, 0.5) is 0 Å². The molecular formula is C18H21NO5S. The molecule has 1 unspecified atom stereocenters. The monoisotopic (exact) mass is 363 g/mol. The highest BCUT2D eigenvalue weighted by Gasteiger charge is 2.29. The second-order valence-corrected chi connectivity index (χ2v) is 7.55. The van der Waals surface area contributed by atoms with Crippen molar-refractivity contribution >= 4 is 10.0 Å². The summed E-state index contributed by atoms with van der Waals surface area (Å²) >= 11 is 0. The zero-order chi connectivity index (χ0) is 18.0. The first kappa shape index (κ1) is 17.6. The average Bonchev–Trinajstić information content (AvgIpc) is 2.61. The third kappa shape index (κ3) is 3.57. The fourth-order valence-electron chi connectivity index (χ4n) is 2.88. The van der Waals surface area contributed by atoms with Gasteiger partial charge in [0.1, 0.15) is 22.1 Å². The molecule has 1 aliphatic heterocycles. The SMILES string of the molecule is COc1ccc(OC)c(S(=O)(=O)NC2CCOc3ccc(C)cc32)c1. The molecule has 0 radical (unpaired) electrons. The van der Waals surface area contributed by atoms with Crippen LogP contribution in [0.3, 0.4) is 0 Å². The van der Waals surface area contributed by atoms with Crippen LogP contribution in [0.25, 0.3) is 0 Å². The molecule has 0 saturated heterocycles. The Bertz CT molecular complexity index is 879. The lowest BCUT2D eigenvalue weighted by molar-refractivity contribution is 0.263. The van der Waals surface area contributed by atoms with Crippen LogP contribution < -0.4 is 18.9 Å². The van der Waals surface area contributed by atoms with E-state index in [1.165, 1.54) is 20.3 Å². The molecule has 2 aromatic carbocycles. The molecule has 1 heterocycles. The number of benzene rings is 2. The van der Waals surface area contributed by atoms with Crippen LogP contribution in [-0.4, -0.2) is 29.2 Å². The normalized spacial score (nSPS) is 16.7. The maximum atomic E-state index is 13.0. The number of nitrogens with one attached hydrogen (secondary N) is 1. The lowest BCUT2D eigenvalue weighted by atomic mass is 10.00. The first-order valence-electron chi connectivity index (χ1n) is 7.92. The molecule has 0 fully saturated rings. The second kappa shape index (κ2) is 6.93. The number of sulfonamides is 1. The van der Waals surface area contributed by atoms with E-state index in [9.17, 15) is 8.42 Å². The fourth-order valence-corrected chi connectivity index (χ4v) is 4.31. The zero-order valence-corrected chi connectivity index (χ0v) is 15.2. The van der Waals surface area contributed by atoms with Gasteiger partial charge in [0.15, 0.2) is 0 Å². The van der Waals surface area contributed by atoms with Crippen molar-refractivity contribution in [1.82, 2.24) is 4.72 Å². The van der Waals surface area contributed by atoms with Crippen LogP contribution in [0, 0.1) is 6.92 Å². The minimum Gasteiger partial charge on any atom is -0.497 e. The molecule has 0 amide bonds. The molecule has 3 rings (SSSR count). The minimum atomic E-state index is -3.80. The predicted molar refractivity (Wildman–Crippen MR) is 93.9 cm³/mol. The molecular weight excluding hydrogens is 342 g/mol. The Morgan fingerprint density at radius 3 is 2.64 bits per heavy atom. The van der Waals surface area contributed by atoms with E-state index >= 15 is 0 Å². The summed E-state index contributed by atoms with van der Waals surface area (Å²) in [6, 6.07) is 10.1. The van der Waals surface area contributed by atoms with Crippen LogP contribution in [0.2, 0.25) is 0 Å². The summed E-state index contributed by atoms with van der Waals surface area (Å²) in [7, 11) is -0.874. The van der Waals surface area contributed by atoms with Crippen molar-refractivity contribution in [3.05, 3.63) is 47.5 Å². The summed E-state index contributed by atoms with van der Waals surface area (Å²) in [4.78, 5) is 0.0510. The van der Waals surface area contributed by atoms with Gasteiger partial charge in [-0.05, 0) is 25.1 Å². The first-order valence-corrected chi connectivity index (χ1v) is 9.40. The number of methoxy groups -OCH3 is 2. The van der Waals surface area contributed by atoms with Crippen molar-refractivity contribution in [3.63, 3.8) is 0 Å². The van der Waals surface area contributed by atoms with Crippen LogP contribution in [0.15, 0.2) is 41.3 Å². The summed E-state index contributed by atoms with van der Waals surface area (Å²) in [6.07, 6.45) is 0.558. The summed E-state index contributed by atoms with van der Waals surface area (Å²) in [6.45, 7) is 2.42. The molecule has 25 heavy (non-hydrogen) atoms. The van der Waals surface area contributed by atoms with Gasteiger partial charge in [0.05, 0.1) is 26.9 Å². The molecule has 2 aromatic rings. The maximum Gasteiger partial charge on any atom is 0.244 e. The van der Waals surface area contributed by atoms with Crippen molar-refractivity contribution in [3.8, 4) is 17.2 Å². The Hall–Kier alpha value is -2.25. The lowest BCUT2D eigenvalue weighted by Crippen LogP contribution is -2.32. The van der Waals surface area contributed by atoms with Gasteiger partial charge in [-0.1, -0.05) is 17.7 Å². The Labute approximate surface area is 147 Å². The van der Waals surface area contributed by atoms with Crippen molar-refractivity contribution in [2.45, 2.75) is 24.3 Å². The molecule has 1 aliphatic rings. The standard InChI is InChI=1S/C18H21NO5S/c1-12-4-6-16-14(10-12)15(8-9-24-16)19-25(20,21)18-11-13(22-2)5-7-17(18)23-3/h4-7,10-11,15,19H,8-9H2,1-3H3. The number of rotatable bonds is 5. The number of aryl methyl sites for hydroxylation is 1. The Balaban J connectivity index is 1.97. The van der Waals surface area contributed by atoms with E-state index in [4.69, 9.17) is 14.2 Å². The Kier molecular flexibility index (Phi) is 4.87. The molecule has 0 spiro atoms. The predicted octanol–water partition coefficient (Wildman–Crippen LogP) is 2.81. The largest absolute Gasteiger partial charge is 0.497 e. The molecule has 1 N–H and O–H groups in total. The molecule has 6 nitrogen and oxygen atoms in total. The van der Waals surface area contributed by atoms with Gasteiger partial charge in [0.2, 0.25) is 10.0 Å². The zero-order valence-electron chi connectivity index (χ0n) is 14.4. The van der Waals surface area contributed by atoms with Crippen LogP contribution in [0.1, 0.15) is 23.6 Å². The van der Waals surface area contributed by atoms with Gasteiger partial charge in [-0.15, -0.1) is 0 Å². The molecule has 7 heteroatoms. The Morgan fingerprint density at radius 2 is 1.92 bits per heavy atom. The Morgan fingerprint density at radius 1 is 1.12 bits per heavy atom. The van der Waals surface area contributed by atoms with Crippen molar-refractivity contribution < 1.29 is 22.6 Å². The van der Waals surface area contributed by atoms with E-state index in [0.29, 0.717) is 24.5 Å². The lowest BCUT2D eigenvalue weighted by Gasteiger charge is -2.27. The van der Waals surface area contributed by atoms with Gasteiger partial charge in [0, 0.05) is 18.1 Å². The van der Waals surface area contributed by atoms with Gasteiger partial charge in [-0.3, -0.25) is 0 Å². The molecule has 134 valence electrons. The third-order valence-electron chi connectivity index (χ3n) is 4.16. The van der Waals surface area contributed by atoms with Gasteiger partial charge in [-0.2, -0.15) is 0 Å². The number of fused-ring (bicyclic) bond motifs is 1. The molecule has 1 atom stereocenters. The van der Waals surface area contributed by atoms with Gasteiger partial charge < -0.3 is 14.2 Å². The van der Waals surface area contributed by atoms with Crippen LogP contribution >= 0.6 is 0 Å². The highest BCUT2D eigenvalue weighted by atomic mass is 32.2. The summed E-state index contributed by atoms with van der Waals surface area (Å²) in [5.74, 6) is 1.43. The molecule has 0 saturated carbocycles. The van der Waals surface area contributed by atoms with Crippen molar-refractivity contribution in [2.75, 3.05) is 20.8 Å². The van der Waals surface area contributed by atoms with Crippen LogP contribution in [0.5, 0.6) is 17.2 Å². The van der Waals surface area contributed by atoms with E-state index in [0.717, 1.165) is 11.1 Å². The number of hydrogen-bond acceptors (Lipinski definition) is 5. The van der Waals surface area contributed by atoms with Gasteiger partial charge in [0.25, 0.3) is 0 Å². The van der Waals surface area contributed by atoms with Gasteiger partial charge in [-0.25, -0.2) is 13.1 Å². The minimum absolute atomic E-state index is 0.0510. The topological polar surface area (TPSA) is 73.9 Å². The second-order valence-electron chi connectivity index (χ2n) is 5.87. The quantitative estimate of drug-likeness (QED) is 0.884. The van der Waals surface area contributed by atoms with Gasteiger partial charge >= 0.3 is 0 Å². The van der Waals surface area contributed by atoms with E-state index in [-0.39, 0.29) is 16.7 Å². The number of hydrogen-bond donors (Lipinski definition) is 1. The highest BCUT2D eigenvalue weighted by molar-refractivity contribution is 7.89. The highest BCUT2D eigenvalue weighted by Crippen LogP contribution is 2.35. The number of ether oxygens (including phenoxy) is 3. The molecule has 0 bridgehead atoms. The average molecular weight is 363 g/mol. The summed E-state index contributed by atoms with van der Waals surface area (Å²) in [5, 5.41) is 0. The molecule has 0 aromatic heterocycles. The van der Waals surface area contributed by atoms with Crippen molar-refractivity contribution in [1.29, 1.82) is 0 Å². The van der Waals surface area contributed by atoms with E-state index in [1.807, 2.05) is 25.1 Å². The first-order chi connectivity index (χ1) is 11.9. The third-order valence-corrected chi connectivity index (χ3v) is 5.66.